The predicted molar refractivity (Wildman–Crippen MR) is 90.4 cm³/mol. The Labute approximate surface area is 137 Å². The zero-order chi connectivity index (χ0) is 17.0. The summed E-state index contributed by atoms with van der Waals surface area (Å²) >= 11 is 0. The molecule has 2 heterocycles. The van der Waals surface area contributed by atoms with Crippen molar-refractivity contribution in [2.75, 3.05) is 31.1 Å². The van der Waals surface area contributed by atoms with Crippen LogP contribution in [0.3, 0.4) is 0 Å². The molecule has 6 heteroatoms. The molecule has 0 aliphatic carbocycles. The van der Waals surface area contributed by atoms with Crippen molar-refractivity contribution in [1.82, 2.24) is 4.90 Å². The molecule has 2 aliphatic heterocycles. The molecule has 0 unspecified atom stereocenters. The minimum atomic E-state index is -0.565. The zero-order valence-electron chi connectivity index (χ0n) is 14.2. The summed E-state index contributed by atoms with van der Waals surface area (Å²) < 4.78 is 14.0. The molecule has 0 spiro atoms. The zero-order valence-corrected chi connectivity index (χ0v) is 14.2. The van der Waals surface area contributed by atoms with E-state index in [1.807, 2.05) is 18.7 Å². The highest BCUT2D eigenvalue weighted by atomic mass is 19.1. The van der Waals surface area contributed by atoms with E-state index in [9.17, 15) is 14.5 Å². The van der Waals surface area contributed by atoms with Crippen LogP contribution in [0.15, 0.2) is 18.2 Å². The van der Waals surface area contributed by atoms with Gasteiger partial charge in [0.1, 0.15) is 0 Å². The number of nitro benzene ring substituents is 1. The van der Waals surface area contributed by atoms with Crippen molar-refractivity contribution in [2.24, 2.45) is 5.92 Å². The number of nitro groups is 1. The number of anilines is 1. The van der Waals surface area contributed by atoms with Crippen molar-refractivity contribution in [3.63, 3.8) is 0 Å². The first-order chi connectivity index (χ1) is 11.0. The van der Waals surface area contributed by atoms with Gasteiger partial charge >= 0.3 is 0 Å². The van der Waals surface area contributed by atoms with Gasteiger partial charge in [0.25, 0.3) is 5.69 Å². The quantitative estimate of drug-likeness (QED) is 0.629. The standard InChI is InChI=1S/C15H20FN3O2.C2H6/c1-11-9-18(10-11)12-4-6-17(7-5-12)15-3-2-13(19(20)21)8-14(15)16;1-2/h2-3,8,11-12H,4-7,9-10H2,1H3;1-2H3. The Morgan fingerprint density at radius 3 is 2.30 bits per heavy atom. The number of rotatable bonds is 3. The number of benzene rings is 1. The fraction of sp³-hybridized carbons (Fsp3) is 0.647. The Balaban J connectivity index is 0.000000924. The van der Waals surface area contributed by atoms with Crippen LogP contribution in [-0.4, -0.2) is 42.0 Å². The topological polar surface area (TPSA) is 49.6 Å². The fourth-order valence-corrected chi connectivity index (χ4v) is 3.38. The van der Waals surface area contributed by atoms with Crippen LogP contribution >= 0.6 is 0 Å². The average molecular weight is 323 g/mol. The van der Waals surface area contributed by atoms with E-state index in [1.165, 1.54) is 25.2 Å². The Morgan fingerprint density at radius 2 is 1.83 bits per heavy atom. The Kier molecular flexibility index (Phi) is 5.93. The third-order valence-corrected chi connectivity index (χ3v) is 4.56. The van der Waals surface area contributed by atoms with E-state index in [2.05, 4.69) is 11.8 Å². The van der Waals surface area contributed by atoms with Crippen molar-refractivity contribution < 1.29 is 9.31 Å². The summed E-state index contributed by atoms with van der Waals surface area (Å²) in [5.74, 6) is 0.301. The van der Waals surface area contributed by atoms with Gasteiger partial charge in [0.05, 0.1) is 16.7 Å². The smallest absolute Gasteiger partial charge is 0.272 e. The molecule has 2 aliphatic rings. The highest BCUT2D eigenvalue weighted by Crippen LogP contribution is 2.29. The maximum Gasteiger partial charge on any atom is 0.272 e. The Morgan fingerprint density at radius 1 is 1.22 bits per heavy atom. The summed E-state index contributed by atoms with van der Waals surface area (Å²) in [6.45, 7) is 10.2. The van der Waals surface area contributed by atoms with Gasteiger partial charge in [0, 0.05) is 38.3 Å². The molecule has 128 valence electrons. The van der Waals surface area contributed by atoms with Gasteiger partial charge in [-0.3, -0.25) is 15.0 Å². The summed E-state index contributed by atoms with van der Waals surface area (Å²) in [4.78, 5) is 14.6. The van der Waals surface area contributed by atoms with E-state index in [0.717, 1.165) is 37.9 Å². The molecule has 0 bridgehead atoms. The predicted octanol–water partition coefficient (Wildman–Crippen LogP) is 3.68. The van der Waals surface area contributed by atoms with Crippen LogP contribution in [0.25, 0.3) is 0 Å². The monoisotopic (exact) mass is 323 g/mol. The normalized spacial score (nSPS) is 19.7. The molecule has 3 rings (SSSR count). The molecule has 0 amide bonds. The lowest BCUT2D eigenvalue weighted by molar-refractivity contribution is -0.385. The van der Waals surface area contributed by atoms with Gasteiger partial charge in [0.2, 0.25) is 0 Å². The summed E-state index contributed by atoms with van der Waals surface area (Å²) in [6, 6.07) is 4.53. The largest absolute Gasteiger partial charge is 0.369 e. The van der Waals surface area contributed by atoms with Crippen LogP contribution in [0.4, 0.5) is 15.8 Å². The minimum absolute atomic E-state index is 0.194. The second kappa shape index (κ2) is 7.73. The number of hydrogen-bond acceptors (Lipinski definition) is 4. The van der Waals surface area contributed by atoms with Crippen LogP contribution in [0.2, 0.25) is 0 Å². The Bertz CT molecular complexity index is 539. The van der Waals surface area contributed by atoms with Crippen molar-refractivity contribution in [3.05, 3.63) is 34.1 Å². The lowest BCUT2D eigenvalue weighted by Gasteiger charge is -2.46. The number of non-ortho nitro benzene ring substituents is 1. The number of halogens is 1. The van der Waals surface area contributed by atoms with Gasteiger partial charge in [-0.05, 0) is 24.8 Å². The number of likely N-dealkylation sites (tertiary alicyclic amines) is 1. The van der Waals surface area contributed by atoms with Gasteiger partial charge in [-0.2, -0.15) is 0 Å². The van der Waals surface area contributed by atoms with Crippen molar-refractivity contribution in [2.45, 2.75) is 39.7 Å². The van der Waals surface area contributed by atoms with E-state index < -0.39 is 10.7 Å². The molecular formula is C17H26FN3O2. The van der Waals surface area contributed by atoms with Gasteiger partial charge < -0.3 is 4.90 Å². The van der Waals surface area contributed by atoms with E-state index in [4.69, 9.17) is 0 Å². The van der Waals surface area contributed by atoms with E-state index >= 15 is 0 Å². The number of nitrogens with zero attached hydrogens (tertiary/aromatic N) is 3. The summed E-state index contributed by atoms with van der Waals surface area (Å²) in [5.41, 5.74) is 0.289. The number of hydrogen-bond donors (Lipinski definition) is 0. The van der Waals surface area contributed by atoms with Crippen LogP contribution in [-0.2, 0) is 0 Å². The molecule has 0 saturated carbocycles. The third-order valence-electron chi connectivity index (χ3n) is 4.56. The highest BCUT2D eigenvalue weighted by Gasteiger charge is 2.32. The molecule has 2 saturated heterocycles. The number of piperidine rings is 1. The molecule has 0 atom stereocenters. The van der Waals surface area contributed by atoms with Crippen molar-refractivity contribution in [1.29, 1.82) is 0 Å². The van der Waals surface area contributed by atoms with Gasteiger partial charge in [-0.25, -0.2) is 4.39 Å². The van der Waals surface area contributed by atoms with Crippen molar-refractivity contribution in [3.8, 4) is 0 Å². The second-order valence-corrected chi connectivity index (χ2v) is 6.17. The lowest BCUT2D eigenvalue weighted by Crippen LogP contribution is -2.54. The van der Waals surface area contributed by atoms with Gasteiger partial charge in [-0.15, -0.1) is 0 Å². The minimum Gasteiger partial charge on any atom is -0.369 e. The molecule has 0 aromatic heterocycles. The van der Waals surface area contributed by atoms with Gasteiger partial charge in [0.15, 0.2) is 5.82 Å². The first kappa shape index (κ1) is 17.7. The first-order valence-electron chi connectivity index (χ1n) is 8.47. The first-order valence-corrected chi connectivity index (χ1v) is 8.47. The molecule has 0 radical (unpaired) electrons. The van der Waals surface area contributed by atoms with Crippen LogP contribution in [0, 0.1) is 21.8 Å². The van der Waals surface area contributed by atoms with Crippen LogP contribution in [0.5, 0.6) is 0 Å². The molecule has 0 N–H and O–H groups in total. The fourth-order valence-electron chi connectivity index (χ4n) is 3.38. The van der Waals surface area contributed by atoms with E-state index in [-0.39, 0.29) is 5.69 Å². The summed E-state index contributed by atoms with van der Waals surface area (Å²) in [6.07, 6.45) is 2.06. The average Bonchev–Trinajstić information content (AvgIpc) is 2.54. The summed E-state index contributed by atoms with van der Waals surface area (Å²) in [5, 5.41) is 10.6. The third kappa shape index (κ3) is 3.99. The second-order valence-electron chi connectivity index (χ2n) is 6.17. The van der Waals surface area contributed by atoms with Crippen LogP contribution in [0.1, 0.15) is 33.6 Å². The maximum absolute atomic E-state index is 14.0. The van der Waals surface area contributed by atoms with Crippen molar-refractivity contribution >= 4 is 11.4 Å². The van der Waals surface area contributed by atoms with Gasteiger partial charge in [-0.1, -0.05) is 20.8 Å². The molecule has 5 nitrogen and oxygen atoms in total. The SMILES string of the molecule is CC.CC1CN(C2CCN(c3ccc([N+](=O)[O-])cc3F)CC2)C1. The van der Waals surface area contributed by atoms with E-state index in [0.29, 0.717) is 11.7 Å². The summed E-state index contributed by atoms with van der Waals surface area (Å²) in [7, 11) is 0. The molecule has 1 aromatic rings. The molecule has 1 aromatic carbocycles. The lowest BCUT2D eigenvalue weighted by atomic mass is 9.94. The molecular weight excluding hydrogens is 297 g/mol. The molecule has 2 fully saturated rings. The maximum atomic E-state index is 14.0. The Hall–Kier alpha value is -1.69. The molecule has 23 heavy (non-hydrogen) atoms. The van der Waals surface area contributed by atoms with Crippen LogP contribution < -0.4 is 4.90 Å². The van der Waals surface area contributed by atoms with E-state index in [1.54, 1.807) is 0 Å². The highest BCUT2D eigenvalue weighted by molar-refractivity contribution is 5.52.